The molecule has 5 heteroatoms. The van der Waals surface area contributed by atoms with Crippen LogP contribution in [0.5, 0.6) is 0 Å². The number of hydrogen-bond acceptors (Lipinski definition) is 3. The van der Waals surface area contributed by atoms with E-state index >= 15 is 0 Å². The van der Waals surface area contributed by atoms with Crippen molar-refractivity contribution < 1.29 is 9.53 Å². The SMILES string of the molecule is CCOC(=O)C1CCC(N([Si](C)(C)C)[Si](C)(C)C)C1. The van der Waals surface area contributed by atoms with Crippen molar-refractivity contribution in [2.45, 2.75) is 71.5 Å². The van der Waals surface area contributed by atoms with Crippen molar-refractivity contribution in [3.8, 4) is 0 Å². The van der Waals surface area contributed by atoms with E-state index in [2.05, 4.69) is 43.5 Å². The lowest BCUT2D eigenvalue weighted by Crippen LogP contribution is -2.62. The van der Waals surface area contributed by atoms with Gasteiger partial charge in [0.1, 0.15) is 16.5 Å². The highest BCUT2D eigenvalue weighted by Gasteiger charge is 2.43. The second kappa shape index (κ2) is 6.10. The minimum absolute atomic E-state index is 0.0242. The van der Waals surface area contributed by atoms with Gasteiger partial charge in [0.15, 0.2) is 0 Å². The maximum Gasteiger partial charge on any atom is 0.308 e. The van der Waals surface area contributed by atoms with Crippen molar-refractivity contribution >= 4 is 22.4 Å². The van der Waals surface area contributed by atoms with Crippen molar-refractivity contribution in [1.29, 1.82) is 0 Å². The van der Waals surface area contributed by atoms with E-state index in [0.717, 1.165) is 19.3 Å². The van der Waals surface area contributed by atoms with Gasteiger partial charge in [-0.25, -0.2) is 0 Å². The van der Waals surface area contributed by atoms with Crippen LogP contribution in [0.2, 0.25) is 39.3 Å². The second-order valence-electron chi connectivity index (χ2n) is 7.63. The summed E-state index contributed by atoms with van der Waals surface area (Å²) in [5.74, 6) is 0.163. The number of rotatable bonds is 5. The summed E-state index contributed by atoms with van der Waals surface area (Å²) in [6, 6.07) is 0.604. The minimum atomic E-state index is -1.33. The number of carbonyl (C=O) groups excluding carboxylic acids is 1. The number of nitrogens with zero attached hydrogens (tertiary/aromatic N) is 1. The summed E-state index contributed by atoms with van der Waals surface area (Å²) in [5, 5.41) is 0. The first-order valence-corrected chi connectivity index (χ1v) is 14.4. The fourth-order valence-electron chi connectivity index (χ4n) is 3.77. The van der Waals surface area contributed by atoms with Crippen LogP contribution < -0.4 is 0 Å². The summed E-state index contributed by atoms with van der Waals surface area (Å²) in [6.45, 7) is 17.0. The molecule has 0 heterocycles. The zero-order chi connectivity index (χ0) is 14.8. The highest BCUT2D eigenvalue weighted by atomic mass is 28.4. The van der Waals surface area contributed by atoms with Gasteiger partial charge in [-0.05, 0) is 32.2 Å². The first-order valence-electron chi connectivity index (χ1n) is 7.53. The Balaban J connectivity index is 2.78. The molecule has 112 valence electrons. The molecular weight excluding hydrogens is 270 g/mol. The molecule has 1 rings (SSSR count). The predicted octanol–water partition coefficient (Wildman–Crippen LogP) is 3.69. The van der Waals surface area contributed by atoms with E-state index in [1.54, 1.807) is 0 Å². The van der Waals surface area contributed by atoms with Gasteiger partial charge in [0, 0.05) is 0 Å². The molecule has 1 aliphatic rings. The lowest BCUT2D eigenvalue weighted by atomic mass is 10.1. The van der Waals surface area contributed by atoms with Crippen LogP contribution in [0.15, 0.2) is 0 Å². The molecule has 0 amide bonds. The summed E-state index contributed by atoms with van der Waals surface area (Å²) in [5.41, 5.74) is 0. The van der Waals surface area contributed by atoms with Gasteiger partial charge in [0.2, 0.25) is 0 Å². The third kappa shape index (κ3) is 4.43. The van der Waals surface area contributed by atoms with Crippen LogP contribution in [-0.2, 0) is 9.53 Å². The molecule has 1 saturated carbocycles. The monoisotopic (exact) mass is 301 g/mol. The van der Waals surface area contributed by atoms with Crippen LogP contribution in [0.25, 0.3) is 0 Å². The molecule has 0 aliphatic heterocycles. The van der Waals surface area contributed by atoms with E-state index in [-0.39, 0.29) is 11.9 Å². The summed E-state index contributed by atoms with van der Waals surface area (Å²) >= 11 is 0. The number of carbonyl (C=O) groups is 1. The van der Waals surface area contributed by atoms with E-state index in [9.17, 15) is 4.79 Å². The molecule has 2 atom stereocenters. The molecule has 0 aromatic rings. The van der Waals surface area contributed by atoms with Crippen molar-refractivity contribution in [2.75, 3.05) is 6.61 Å². The molecule has 19 heavy (non-hydrogen) atoms. The molecule has 1 fully saturated rings. The molecule has 2 unspecified atom stereocenters. The van der Waals surface area contributed by atoms with Crippen LogP contribution in [-0.4, -0.2) is 39.3 Å². The van der Waals surface area contributed by atoms with E-state index in [4.69, 9.17) is 4.74 Å². The number of ether oxygens (including phenoxy) is 1. The van der Waals surface area contributed by atoms with E-state index in [1.165, 1.54) is 0 Å². The molecule has 0 bridgehead atoms. The third-order valence-electron chi connectivity index (χ3n) is 3.84. The van der Waals surface area contributed by atoms with Gasteiger partial charge in [-0.2, -0.15) is 0 Å². The normalized spacial score (nSPS) is 24.8. The van der Waals surface area contributed by atoms with Crippen LogP contribution >= 0.6 is 0 Å². The van der Waals surface area contributed by atoms with Gasteiger partial charge in [0.25, 0.3) is 0 Å². The lowest BCUT2D eigenvalue weighted by Gasteiger charge is -2.47. The third-order valence-corrected chi connectivity index (χ3v) is 11.5. The molecule has 0 N–H and O–H groups in total. The first-order chi connectivity index (χ1) is 8.57. The Labute approximate surface area is 120 Å². The first kappa shape index (κ1) is 16.9. The Morgan fingerprint density at radius 2 is 1.63 bits per heavy atom. The highest BCUT2D eigenvalue weighted by Crippen LogP contribution is 2.35. The van der Waals surface area contributed by atoms with Gasteiger partial charge >= 0.3 is 5.97 Å². The van der Waals surface area contributed by atoms with Crippen LogP contribution in [0.1, 0.15) is 26.2 Å². The maximum absolute atomic E-state index is 11.9. The van der Waals surface area contributed by atoms with Gasteiger partial charge < -0.3 is 8.97 Å². The molecule has 0 saturated heterocycles. The Morgan fingerprint density at radius 3 is 2.05 bits per heavy atom. The quantitative estimate of drug-likeness (QED) is 0.573. The zero-order valence-corrected chi connectivity index (χ0v) is 15.7. The average Bonchev–Trinajstić information content (AvgIpc) is 2.62. The zero-order valence-electron chi connectivity index (χ0n) is 13.7. The summed E-state index contributed by atoms with van der Waals surface area (Å²) in [6.07, 6.45) is 3.18. The number of hydrogen-bond donors (Lipinski definition) is 0. The summed E-state index contributed by atoms with van der Waals surface area (Å²) < 4.78 is 8.04. The average molecular weight is 302 g/mol. The van der Waals surface area contributed by atoms with Crippen molar-refractivity contribution in [3.63, 3.8) is 0 Å². The molecule has 0 spiro atoms. The van der Waals surface area contributed by atoms with Crippen LogP contribution in [0.3, 0.4) is 0 Å². The minimum Gasteiger partial charge on any atom is -0.466 e. The van der Waals surface area contributed by atoms with Crippen molar-refractivity contribution in [2.24, 2.45) is 5.92 Å². The van der Waals surface area contributed by atoms with Crippen LogP contribution in [0.4, 0.5) is 0 Å². The molecule has 0 aromatic carbocycles. The summed E-state index contributed by atoms with van der Waals surface area (Å²) in [4.78, 5) is 11.9. The molecule has 0 radical (unpaired) electrons. The van der Waals surface area contributed by atoms with Crippen molar-refractivity contribution in [1.82, 2.24) is 4.23 Å². The summed E-state index contributed by atoms with van der Waals surface area (Å²) in [7, 11) is -2.65. The standard InChI is InChI=1S/C14H31NO2Si2/c1-8-17-14(16)12-9-10-13(11-12)15(18(2,3)4)19(5,6)7/h12-13H,8-11H2,1-7H3. The van der Waals surface area contributed by atoms with Gasteiger partial charge in [-0.1, -0.05) is 39.3 Å². The second-order valence-corrected chi connectivity index (χ2v) is 17.7. The van der Waals surface area contributed by atoms with Gasteiger partial charge in [-0.15, -0.1) is 0 Å². The topological polar surface area (TPSA) is 29.5 Å². The fourth-order valence-corrected chi connectivity index (χ4v) is 14.5. The van der Waals surface area contributed by atoms with E-state index in [1.807, 2.05) is 6.92 Å². The van der Waals surface area contributed by atoms with Crippen LogP contribution in [0, 0.1) is 5.92 Å². The fraction of sp³-hybridized carbons (Fsp3) is 0.929. The van der Waals surface area contributed by atoms with E-state index < -0.39 is 16.5 Å². The maximum atomic E-state index is 11.9. The van der Waals surface area contributed by atoms with Crippen molar-refractivity contribution in [3.05, 3.63) is 0 Å². The Hall–Kier alpha value is -0.136. The highest BCUT2D eigenvalue weighted by molar-refractivity contribution is 6.89. The smallest absolute Gasteiger partial charge is 0.308 e. The Kier molecular flexibility index (Phi) is 5.43. The number of esters is 1. The van der Waals surface area contributed by atoms with E-state index in [0.29, 0.717) is 12.6 Å². The largest absolute Gasteiger partial charge is 0.466 e. The Morgan fingerprint density at radius 1 is 1.11 bits per heavy atom. The Bertz CT molecular complexity index is 306. The molecule has 0 aromatic heterocycles. The predicted molar refractivity (Wildman–Crippen MR) is 86.3 cm³/mol. The molecular formula is C14H31NO2Si2. The molecule has 3 nitrogen and oxygen atoms in total. The molecule has 1 aliphatic carbocycles. The van der Waals surface area contributed by atoms with Gasteiger partial charge in [-0.3, -0.25) is 4.79 Å². The lowest BCUT2D eigenvalue weighted by molar-refractivity contribution is -0.147. The van der Waals surface area contributed by atoms with Gasteiger partial charge in [0.05, 0.1) is 12.5 Å².